The number of likely N-dealkylation sites (tertiary alicyclic amines) is 1. The first-order chi connectivity index (χ1) is 13.0. The number of ether oxygens (including phenoxy) is 2. The molecule has 1 saturated carbocycles. The molecular formula is C19H34IN5O2. The Balaban J connectivity index is 1.31. The Bertz CT molecular complexity index is 564. The fourth-order valence-corrected chi connectivity index (χ4v) is 6.97. The second-order valence-corrected chi connectivity index (χ2v) is 10.4. The van der Waals surface area contributed by atoms with Gasteiger partial charge in [0.25, 0.3) is 0 Å². The molecule has 1 spiro atoms. The molecule has 27 heavy (non-hydrogen) atoms. The molecule has 5 fully saturated rings. The van der Waals surface area contributed by atoms with Crippen molar-refractivity contribution < 1.29 is 9.47 Å². The topological polar surface area (TPSA) is 92.3 Å². The molecule has 7 nitrogen and oxygen atoms in total. The lowest BCUT2D eigenvalue weighted by atomic mass is 9.78. The van der Waals surface area contributed by atoms with Gasteiger partial charge < -0.3 is 26.3 Å². The Kier molecular flexibility index (Phi) is 5.25. The standard InChI is InChI=1S/C19H34IN5O2/c1-24-14(11(9-20)6-13-16(22)23-10-19(13)2-3-19)7-12(21)8-15(24)25-4-5-26-18-17(25)27-18/h11-18,23H,2-10,21-22H2,1H3. The maximum absolute atomic E-state index is 6.57. The summed E-state index contributed by atoms with van der Waals surface area (Å²) in [5.74, 6) is 1.25. The third-order valence-electron chi connectivity index (χ3n) is 7.92. The van der Waals surface area contributed by atoms with Gasteiger partial charge in [0.1, 0.15) is 0 Å². The Morgan fingerprint density at radius 2 is 2.11 bits per heavy atom. The van der Waals surface area contributed by atoms with Crippen LogP contribution in [0.25, 0.3) is 0 Å². The van der Waals surface area contributed by atoms with Crippen LogP contribution in [-0.4, -0.2) is 77.9 Å². The van der Waals surface area contributed by atoms with Crippen LogP contribution in [0.3, 0.4) is 0 Å². The van der Waals surface area contributed by atoms with Crippen molar-refractivity contribution in [2.24, 2.45) is 28.7 Å². The first kappa shape index (κ1) is 19.4. The summed E-state index contributed by atoms with van der Waals surface area (Å²) >= 11 is 2.58. The van der Waals surface area contributed by atoms with Gasteiger partial charge in [-0.25, -0.2) is 0 Å². The minimum atomic E-state index is -0.0126. The van der Waals surface area contributed by atoms with E-state index in [9.17, 15) is 0 Å². The Morgan fingerprint density at radius 3 is 2.85 bits per heavy atom. The summed E-state index contributed by atoms with van der Waals surface area (Å²) in [6.45, 7) is 2.81. The highest BCUT2D eigenvalue weighted by Crippen LogP contribution is 2.57. The molecule has 0 aromatic carbocycles. The van der Waals surface area contributed by atoms with Crippen molar-refractivity contribution in [1.29, 1.82) is 0 Å². The maximum atomic E-state index is 6.57. The van der Waals surface area contributed by atoms with Gasteiger partial charge in [-0.2, -0.15) is 0 Å². The van der Waals surface area contributed by atoms with Gasteiger partial charge in [-0.15, -0.1) is 0 Å². The van der Waals surface area contributed by atoms with E-state index in [0.717, 1.165) is 37.0 Å². The number of hydrogen-bond donors (Lipinski definition) is 3. The lowest BCUT2D eigenvalue weighted by molar-refractivity contribution is -0.0723. The molecule has 0 radical (unpaired) electrons. The molecule has 8 atom stereocenters. The number of epoxide rings is 1. The van der Waals surface area contributed by atoms with Crippen molar-refractivity contribution in [3.05, 3.63) is 0 Å². The van der Waals surface area contributed by atoms with Crippen LogP contribution < -0.4 is 16.8 Å². The molecule has 0 aromatic rings. The third kappa shape index (κ3) is 3.48. The van der Waals surface area contributed by atoms with Crippen LogP contribution in [0.5, 0.6) is 0 Å². The number of halogens is 1. The number of nitrogens with zero attached hydrogens (tertiary/aromatic N) is 2. The minimum absolute atomic E-state index is 0.0126. The van der Waals surface area contributed by atoms with Gasteiger partial charge >= 0.3 is 0 Å². The number of piperidine rings is 1. The van der Waals surface area contributed by atoms with Gasteiger partial charge in [0.15, 0.2) is 12.5 Å². The predicted octanol–water partition coefficient (Wildman–Crippen LogP) is 0.474. The van der Waals surface area contributed by atoms with E-state index in [2.05, 4.69) is 44.8 Å². The monoisotopic (exact) mass is 491 g/mol. The number of hydrogen-bond acceptors (Lipinski definition) is 7. The highest BCUT2D eigenvalue weighted by Gasteiger charge is 2.56. The van der Waals surface area contributed by atoms with Crippen molar-refractivity contribution >= 4 is 22.6 Å². The molecular weight excluding hydrogens is 457 g/mol. The van der Waals surface area contributed by atoms with Crippen LogP contribution in [-0.2, 0) is 9.47 Å². The lowest BCUT2D eigenvalue weighted by Gasteiger charge is -2.50. The van der Waals surface area contributed by atoms with E-state index in [1.54, 1.807) is 0 Å². The van der Waals surface area contributed by atoms with Crippen LogP contribution in [0, 0.1) is 17.3 Å². The Hall–Kier alpha value is 0.450. The molecule has 0 amide bonds. The quantitative estimate of drug-likeness (QED) is 0.293. The van der Waals surface area contributed by atoms with Gasteiger partial charge in [-0.3, -0.25) is 9.80 Å². The zero-order valence-electron chi connectivity index (χ0n) is 16.2. The van der Waals surface area contributed by atoms with Gasteiger partial charge in [-0.1, -0.05) is 22.6 Å². The van der Waals surface area contributed by atoms with E-state index in [1.807, 2.05) is 0 Å². The van der Waals surface area contributed by atoms with Crippen molar-refractivity contribution in [2.75, 3.05) is 31.2 Å². The zero-order valence-corrected chi connectivity index (χ0v) is 18.4. The normalized spacial score (nSPS) is 47.8. The lowest BCUT2D eigenvalue weighted by Crippen LogP contribution is -2.62. The van der Waals surface area contributed by atoms with Crippen LogP contribution in [0.2, 0.25) is 0 Å². The molecule has 0 bridgehead atoms. The Labute approximate surface area is 176 Å². The SMILES string of the molecule is CN1C(C(CI)CC2C(N)NCC23CC3)CC(N)CC1N1CCOC2OC21. The summed E-state index contributed by atoms with van der Waals surface area (Å²) in [7, 11) is 2.30. The summed E-state index contributed by atoms with van der Waals surface area (Å²) in [6, 6.07) is 0.770. The molecule has 154 valence electrons. The number of rotatable bonds is 5. The van der Waals surface area contributed by atoms with Crippen molar-refractivity contribution in [3.63, 3.8) is 0 Å². The molecule has 4 saturated heterocycles. The van der Waals surface area contributed by atoms with Gasteiger partial charge in [0, 0.05) is 29.6 Å². The van der Waals surface area contributed by atoms with E-state index in [-0.39, 0.29) is 24.7 Å². The fourth-order valence-electron chi connectivity index (χ4n) is 6.02. The molecule has 5 aliphatic rings. The second-order valence-electron chi connectivity index (χ2n) is 9.47. The number of fused-ring (bicyclic) bond motifs is 1. The Morgan fingerprint density at radius 1 is 1.30 bits per heavy atom. The summed E-state index contributed by atoms with van der Waals surface area (Å²) < 4.78 is 12.5. The van der Waals surface area contributed by atoms with Crippen LogP contribution in [0.4, 0.5) is 0 Å². The average molecular weight is 491 g/mol. The van der Waals surface area contributed by atoms with Crippen LogP contribution in [0.1, 0.15) is 32.1 Å². The van der Waals surface area contributed by atoms with Crippen molar-refractivity contribution in [1.82, 2.24) is 15.1 Å². The molecule has 0 aromatic heterocycles. The van der Waals surface area contributed by atoms with Gasteiger partial charge in [0.2, 0.25) is 0 Å². The minimum Gasteiger partial charge on any atom is -0.347 e. The van der Waals surface area contributed by atoms with E-state index >= 15 is 0 Å². The first-order valence-electron chi connectivity index (χ1n) is 10.6. The number of alkyl halides is 1. The zero-order chi connectivity index (χ0) is 18.8. The average Bonchev–Trinajstić information content (AvgIpc) is 3.56. The first-order valence-corrected chi connectivity index (χ1v) is 12.1. The predicted molar refractivity (Wildman–Crippen MR) is 112 cm³/mol. The molecule has 8 unspecified atom stereocenters. The van der Waals surface area contributed by atoms with Gasteiger partial charge in [-0.05, 0) is 56.4 Å². The van der Waals surface area contributed by atoms with Gasteiger partial charge in [0.05, 0.1) is 18.9 Å². The van der Waals surface area contributed by atoms with E-state index < -0.39 is 0 Å². The van der Waals surface area contributed by atoms with Crippen molar-refractivity contribution in [2.45, 2.75) is 69.0 Å². The number of nitrogens with two attached hydrogens (primary N) is 2. The largest absolute Gasteiger partial charge is 0.347 e. The van der Waals surface area contributed by atoms with E-state index in [1.165, 1.54) is 19.3 Å². The molecule has 5 rings (SSSR count). The number of morpholine rings is 1. The summed E-state index contributed by atoms with van der Waals surface area (Å²) in [4.78, 5) is 5.08. The highest BCUT2D eigenvalue weighted by atomic mass is 127. The summed E-state index contributed by atoms with van der Waals surface area (Å²) in [6.07, 6.45) is 6.66. The molecule has 8 heteroatoms. The van der Waals surface area contributed by atoms with Crippen molar-refractivity contribution in [3.8, 4) is 0 Å². The third-order valence-corrected chi connectivity index (χ3v) is 9.05. The summed E-state index contributed by atoms with van der Waals surface area (Å²) in [5, 5.41) is 3.54. The smallest absolute Gasteiger partial charge is 0.199 e. The number of nitrogens with one attached hydrogen (secondary N) is 1. The second kappa shape index (κ2) is 7.30. The molecule has 4 aliphatic heterocycles. The maximum Gasteiger partial charge on any atom is 0.199 e. The molecule has 5 N–H and O–H groups in total. The molecule has 4 heterocycles. The summed E-state index contributed by atoms with van der Waals surface area (Å²) in [5.41, 5.74) is 13.5. The fraction of sp³-hybridized carbons (Fsp3) is 1.00. The highest BCUT2D eigenvalue weighted by molar-refractivity contribution is 14.1. The van der Waals surface area contributed by atoms with Crippen LogP contribution >= 0.6 is 22.6 Å². The van der Waals surface area contributed by atoms with E-state index in [0.29, 0.717) is 29.5 Å². The van der Waals surface area contributed by atoms with E-state index in [4.69, 9.17) is 20.9 Å². The van der Waals surface area contributed by atoms with Crippen LogP contribution in [0.15, 0.2) is 0 Å². The molecule has 1 aliphatic carbocycles.